The summed E-state index contributed by atoms with van der Waals surface area (Å²) < 4.78 is 0. The first-order valence-electron chi connectivity index (χ1n) is 42.9. The van der Waals surface area contributed by atoms with E-state index in [4.69, 9.17) is 39.9 Å². The number of hydrogen-bond acceptors (Lipinski definition) is 5. The van der Waals surface area contributed by atoms with Gasteiger partial charge in [0.2, 0.25) is 0 Å². The number of benzene rings is 6. The van der Waals surface area contributed by atoms with Crippen molar-refractivity contribution in [1.82, 2.24) is 39.9 Å². The molecular weight excluding hydrogens is 1600 g/mol. The van der Waals surface area contributed by atoms with Gasteiger partial charge in [-0.05, 0) is 215 Å². The summed E-state index contributed by atoms with van der Waals surface area (Å²) in [5.41, 5.74) is 31.3. The minimum Gasteiger partial charge on any atom is -0.657 e. The molecule has 4 aliphatic heterocycles. The average Bonchev–Trinajstić information content (AvgIpc) is 1.66. The first-order valence-corrected chi connectivity index (χ1v) is 42.9. The van der Waals surface area contributed by atoms with Gasteiger partial charge >= 0.3 is 33.0 Å². The summed E-state index contributed by atoms with van der Waals surface area (Å²) in [6, 6.07) is 65.5. The van der Waals surface area contributed by atoms with Crippen LogP contribution in [0.2, 0.25) is 0 Å². The Bertz CT molecular complexity index is 6630. The van der Waals surface area contributed by atoms with Crippen LogP contribution in [0.5, 0.6) is 0 Å². The third-order valence-corrected chi connectivity index (χ3v) is 23.9. The molecule has 0 spiro atoms. The molecule has 16 bridgehead atoms. The third kappa shape index (κ3) is 18.0. The van der Waals surface area contributed by atoms with Crippen LogP contribution in [0.4, 0.5) is 0 Å². The number of nitrogens with zero attached hydrogens (tertiary/aromatic N) is 8. The molecule has 1 N–H and O–H groups in total. The minimum absolute atomic E-state index is 0. The summed E-state index contributed by atoms with van der Waals surface area (Å²) in [5, 5.41) is 13.5. The zero-order valence-corrected chi connectivity index (χ0v) is 78.1. The molecule has 0 amide bonds. The second-order valence-corrected chi connectivity index (χ2v) is 41.6. The van der Waals surface area contributed by atoms with Crippen molar-refractivity contribution in [3.05, 3.63) is 283 Å². The zero-order valence-electron chi connectivity index (χ0n) is 76.2. The molecular formula is C113H112N8Ni2O. The number of fused-ring (bicyclic) bond motifs is 16. The molecule has 124 heavy (non-hydrogen) atoms. The van der Waals surface area contributed by atoms with E-state index in [9.17, 15) is 5.11 Å². The summed E-state index contributed by atoms with van der Waals surface area (Å²) >= 11 is 0. The van der Waals surface area contributed by atoms with Crippen molar-refractivity contribution in [3.63, 3.8) is 0 Å². The summed E-state index contributed by atoms with van der Waals surface area (Å²) in [4.78, 5) is 45.4. The largest absolute Gasteiger partial charge is 2.00 e. The van der Waals surface area contributed by atoms with E-state index in [0.717, 1.165) is 123 Å². The van der Waals surface area contributed by atoms with Gasteiger partial charge in [-0.25, -0.2) is 19.9 Å². The van der Waals surface area contributed by atoms with Gasteiger partial charge < -0.3 is 25.0 Å². The SMILES string of the molecule is CC(C)(C)c1cc(-c2c3nc(c(-c4ccccc4)c4ccc([n-]4)c(-c4cc(C(C)(C)C)cc(C(C)(C)C)c4)c4nc(c(C#CC#CC(O)c5c6nc(c(-c7cc(C(C)(C)C)cc(C(C)(C)C)c7)c7ccc([n-]7)c(-c7ccccc7)c7nc(c(-c8cc(C(C)(C)C)cc(C(C)(C)C)c8)c8ccc5[n-]8)C=C7)C=C6)c5ccc2[n-]5)C=C4)C=C3)cc(C(C)(C)C)c1.[Ni+2].[Ni+2]. The predicted octanol–water partition coefficient (Wildman–Crippen LogP) is 27.6. The number of aliphatic hydroxyl groups excluding tert-OH is 1. The zero-order chi connectivity index (χ0) is 86.9. The van der Waals surface area contributed by atoms with E-state index in [1.807, 2.05) is 42.5 Å². The molecule has 0 radical (unpaired) electrons. The maximum absolute atomic E-state index is 13.5. The molecule has 9 nitrogen and oxygen atoms in total. The van der Waals surface area contributed by atoms with Crippen molar-refractivity contribution in [2.24, 2.45) is 0 Å². The fourth-order valence-electron chi connectivity index (χ4n) is 16.4. The Morgan fingerprint density at radius 1 is 0.242 bits per heavy atom. The molecule has 1 unspecified atom stereocenters. The van der Waals surface area contributed by atoms with Gasteiger partial charge in [-0.3, -0.25) is 0 Å². The van der Waals surface area contributed by atoms with Crippen LogP contribution in [-0.4, -0.2) is 25.0 Å². The van der Waals surface area contributed by atoms with E-state index >= 15 is 0 Å². The molecule has 6 aromatic heterocycles. The van der Waals surface area contributed by atoms with Crippen molar-refractivity contribution >= 4 is 92.7 Å². The normalized spacial score (nSPS) is 13.3. The van der Waals surface area contributed by atoms with Crippen LogP contribution in [-0.2, 0) is 76.3 Å². The van der Waals surface area contributed by atoms with Crippen molar-refractivity contribution < 1.29 is 38.1 Å². The van der Waals surface area contributed by atoms with Gasteiger partial charge in [0.1, 0.15) is 6.10 Å². The average molecular weight is 1720 g/mol. The Hall–Kier alpha value is -11.4. The molecule has 0 saturated heterocycles. The van der Waals surface area contributed by atoms with Crippen LogP contribution in [0.1, 0.15) is 273 Å². The monoisotopic (exact) mass is 1710 g/mol. The predicted molar refractivity (Wildman–Crippen MR) is 515 cm³/mol. The van der Waals surface area contributed by atoms with Crippen molar-refractivity contribution in [3.8, 4) is 90.4 Å². The Morgan fingerprint density at radius 3 is 0.742 bits per heavy atom. The first-order chi connectivity index (χ1) is 57.4. The van der Waals surface area contributed by atoms with Gasteiger partial charge in [0.25, 0.3) is 0 Å². The van der Waals surface area contributed by atoms with Crippen LogP contribution in [0.25, 0.3) is 160 Å². The summed E-state index contributed by atoms with van der Waals surface area (Å²) in [7, 11) is 0. The minimum atomic E-state index is -1.47. The van der Waals surface area contributed by atoms with Gasteiger partial charge in [0.05, 0.1) is 45.6 Å². The summed E-state index contributed by atoms with van der Waals surface area (Å²) in [5.74, 6) is 13.4. The number of rotatable bonds is 7. The van der Waals surface area contributed by atoms with Crippen molar-refractivity contribution in [2.75, 3.05) is 0 Å². The summed E-state index contributed by atoms with van der Waals surface area (Å²) in [6.45, 7) is 54.4. The fraction of sp³-hybridized carbons (Fsp3) is 0.292. The second kappa shape index (κ2) is 32.9. The molecule has 16 rings (SSSR count). The van der Waals surface area contributed by atoms with Crippen LogP contribution in [0, 0.1) is 23.7 Å². The van der Waals surface area contributed by atoms with Gasteiger partial charge in [0, 0.05) is 11.1 Å². The van der Waals surface area contributed by atoms with Gasteiger partial charge in [-0.2, -0.15) is 0 Å². The van der Waals surface area contributed by atoms with Crippen molar-refractivity contribution in [1.29, 1.82) is 0 Å². The topological polar surface area (TPSA) is 128 Å². The molecule has 630 valence electrons. The quantitative estimate of drug-likeness (QED) is 0.123. The van der Waals surface area contributed by atoms with Gasteiger partial charge in [-0.1, -0.05) is 360 Å². The Balaban J connectivity index is 0.00000626. The van der Waals surface area contributed by atoms with Gasteiger partial charge in [0.15, 0.2) is 0 Å². The second-order valence-electron chi connectivity index (χ2n) is 41.6. The molecule has 0 aliphatic carbocycles. The molecule has 0 fully saturated rings. The summed E-state index contributed by atoms with van der Waals surface area (Å²) in [6.07, 6.45) is 15.2. The van der Waals surface area contributed by atoms with Crippen LogP contribution >= 0.6 is 0 Å². The van der Waals surface area contributed by atoms with Crippen LogP contribution in [0.15, 0.2) is 182 Å². The Kier molecular flexibility index (Phi) is 23.6. The molecule has 6 aromatic carbocycles. The number of aliphatic hydroxyl groups is 1. The fourth-order valence-corrected chi connectivity index (χ4v) is 16.4. The third-order valence-electron chi connectivity index (χ3n) is 23.9. The van der Waals surface area contributed by atoms with E-state index < -0.39 is 6.10 Å². The van der Waals surface area contributed by atoms with E-state index in [2.05, 4.69) is 378 Å². The van der Waals surface area contributed by atoms with Crippen LogP contribution < -0.4 is 19.9 Å². The van der Waals surface area contributed by atoms with E-state index in [1.54, 1.807) is 0 Å². The van der Waals surface area contributed by atoms with E-state index in [0.29, 0.717) is 44.8 Å². The van der Waals surface area contributed by atoms with E-state index in [1.165, 1.54) is 44.5 Å². The molecule has 0 saturated carbocycles. The molecule has 11 heteroatoms. The number of aromatic nitrogens is 8. The van der Waals surface area contributed by atoms with E-state index in [-0.39, 0.29) is 76.3 Å². The first kappa shape index (κ1) is 88.9. The van der Waals surface area contributed by atoms with Crippen molar-refractivity contribution in [2.45, 2.75) is 216 Å². The van der Waals surface area contributed by atoms with Crippen LogP contribution in [0.3, 0.4) is 0 Å². The molecule has 1 atom stereocenters. The smallest absolute Gasteiger partial charge is 0.657 e. The maximum atomic E-state index is 13.5. The molecule has 4 aliphatic rings. The van der Waals surface area contributed by atoms with Gasteiger partial charge in [-0.15, -0.1) is 44.1 Å². The maximum Gasteiger partial charge on any atom is 2.00 e. The molecule has 12 aromatic rings. The Labute approximate surface area is 754 Å². The number of hydrogen-bond donors (Lipinski definition) is 1. The molecule has 10 heterocycles. The standard InChI is InChI=1S/C113H112N8O.2Ni/c1-106(2,3)73-55-69(56-74(63-73)107(4,5)6)101-88-41-39-82(114-88)81(83-40-42-89(115-83)102(70-57-75(108(7,8)9)64-76(58-70)109(10,11)12)91-48-44-85(117-91)99(67-33-27-25-28-34-67)84-43-47-90(101)116-84)37-31-32-38-98(122)105-96-53-51-94(120-96)103(71-59-77(110(13,14)15)65-78(60-71)111(16,17)18)92-49-45-86(118-92)100(68-35-29-26-30-36-68)87-46-50-93(119-87)104(95-52-54-97(105)121-95)72-61-79(112(19,20)21)66-80(62-72)113(22,23)24;;/h25-30,33-36,39-66,98,122H,1-24H3;;/q-4;2*+2. The Morgan fingerprint density at radius 2 is 0.460 bits per heavy atom.